The Morgan fingerprint density at radius 2 is 2.29 bits per heavy atom. The molecule has 0 heterocycles. The molecule has 3 atom stereocenters. The lowest BCUT2D eigenvalue weighted by molar-refractivity contribution is -0.122. The third kappa shape index (κ3) is 3.91. The van der Waals surface area contributed by atoms with E-state index in [1.54, 1.807) is 0 Å². The third-order valence-corrected chi connectivity index (χ3v) is 3.59. The van der Waals surface area contributed by atoms with Gasteiger partial charge >= 0.3 is 0 Å². The molecule has 0 spiro atoms. The second kappa shape index (κ2) is 6.47. The van der Waals surface area contributed by atoms with Crippen LogP contribution < -0.4 is 11.1 Å². The summed E-state index contributed by atoms with van der Waals surface area (Å²) in [6.45, 7) is 4.14. The second-order valence-corrected chi connectivity index (χ2v) is 4.95. The van der Waals surface area contributed by atoms with Crippen LogP contribution in [0.3, 0.4) is 0 Å². The average Bonchev–Trinajstić information content (AvgIpc) is 2.75. The number of carbonyl (C=O) groups excluding carboxylic acids is 1. The lowest BCUT2D eigenvalue weighted by atomic mass is 10.0. The van der Waals surface area contributed by atoms with E-state index < -0.39 is 0 Å². The normalized spacial score (nSPS) is 26.8. The highest BCUT2D eigenvalue weighted by atomic mass is 16.4. The Balaban J connectivity index is 2.47. The molecule has 4 N–H and O–H groups in total. The van der Waals surface area contributed by atoms with Crippen LogP contribution >= 0.6 is 0 Å². The first-order valence-corrected chi connectivity index (χ1v) is 6.35. The molecule has 0 aromatic rings. The van der Waals surface area contributed by atoms with Crippen molar-refractivity contribution in [3.8, 4) is 0 Å². The SMILES string of the molecule is CCC(C)CC(=O)NC1CCCC1C(N)=NO. The first-order valence-electron chi connectivity index (χ1n) is 6.35. The van der Waals surface area contributed by atoms with Crippen LogP contribution in [0.5, 0.6) is 0 Å². The maximum absolute atomic E-state index is 11.8. The van der Waals surface area contributed by atoms with Crippen molar-refractivity contribution in [1.29, 1.82) is 0 Å². The Morgan fingerprint density at radius 3 is 2.88 bits per heavy atom. The molecule has 1 amide bonds. The molecule has 1 saturated carbocycles. The minimum Gasteiger partial charge on any atom is -0.409 e. The molecule has 1 aliphatic rings. The van der Waals surface area contributed by atoms with E-state index in [0.717, 1.165) is 25.7 Å². The molecule has 0 aromatic heterocycles. The predicted octanol–water partition coefficient (Wildman–Crippen LogP) is 1.45. The van der Waals surface area contributed by atoms with E-state index in [9.17, 15) is 4.79 Å². The van der Waals surface area contributed by atoms with Gasteiger partial charge in [0.25, 0.3) is 0 Å². The molecule has 0 aromatic carbocycles. The molecule has 98 valence electrons. The van der Waals surface area contributed by atoms with Crippen LogP contribution in [0, 0.1) is 11.8 Å². The number of rotatable bonds is 5. The van der Waals surface area contributed by atoms with E-state index >= 15 is 0 Å². The van der Waals surface area contributed by atoms with Crippen molar-refractivity contribution in [2.24, 2.45) is 22.7 Å². The highest BCUT2D eigenvalue weighted by molar-refractivity contribution is 5.84. The molecule has 17 heavy (non-hydrogen) atoms. The lowest BCUT2D eigenvalue weighted by Crippen LogP contribution is -2.42. The number of nitrogens with one attached hydrogen (secondary N) is 1. The smallest absolute Gasteiger partial charge is 0.220 e. The van der Waals surface area contributed by atoms with Crippen molar-refractivity contribution in [2.75, 3.05) is 0 Å². The molecular formula is C12H23N3O2. The van der Waals surface area contributed by atoms with Gasteiger partial charge in [-0.05, 0) is 18.8 Å². The Labute approximate surface area is 102 Å². The van der Waals surface area contributed by atoms with Crippen molar-refractivity contribution in [1.82, 2.24) is 5.32 Å². The standard InChI is InChI=1S/C12H23N3O2/c1-3-8(2)7-11(16)14-10-6-4-5-9(10)12(13)15-17/h8-10,17H,3-7H2,1-2H3,(H2,13,15)(H,14,16). The van der Waals surface area contributed by atoms with Crippen molar-refractivity contribution in [2.45, 2.75) is 52.0 Å². The predicted molar refractivity (Wildman–Crippen MR) is 66.8 cm³/mol. The van der Waals surface area contributed by atoms with Crippen LogP contribution in [0.1, 0.15) is 46.0 Å². The van der Waals surface area contributed by atoms with Crippen LogP contribution in [0.15, 0.2) is 5.16 Å². The third-order valence-electron chi connectivity index (χ3n) is 3.59. The summed E-state index contributed by atoms with van der Waals surface area (Å²) in [5, 5.41) is 14.7. The Bertz CT molecular complexity index is 291. The molecule has 3 unspecified atom stereocenters. The number of carbonyl (C=O) groups is 1. The molecule has 5 nitrogen and oxygen atoms in total. The van der Waals surface area contributed by atoms with Gasteiger partial charge in [0.05, 0.1) is 0 Å². The average molecular weight is 241 g/mol. The first kappa shape index (κ1) is 13.8. The second-order valence-electron chi connectivity index (χ2n) is 4.95. The molecule has 1 aliphatic carbocycles. The van der Waals surface area contributed by atoms with Gasteiger partial charge in [-0.1, -0.05) is 31.8 Å². The summed E-state index contributed by atoms with van der Waals surface area (Å²) in [6, 6.07) is 0.0301. The number of oxime groups is 1. The molecule has 1 fully saturated rings. The van der Waals surface area contributed by atoms with Gasteiger partial charge in [-0.15, -0.1) is 0 Å². The van der Waals surface area contributed by atoms with Crippen LogP contribution in [-0.4, -0.2) is 23.0 Å². The summed E-state index contributed by atoms with van der Waals surface area (Å²) >= 11 is 0. The number of nitrogens with zero attached hydrogens (tertiary/aromatic N) is 1. The summed E-state index contributed by atoms with van der Waals surface area (Å²) in [5.74, 6) is 0.693. The summed E-state index contributed by atoms with van der Waals surface area (Å²) < 4.78 is 0. The van der Waals surface area contributed by atoms with E-state index in [0.29, 0.717) is 12.3 Å². The molecule has 1 rings (SSSR count). The van der Waals surface area contributed by atoms with E-state index in [-0.39, 0.29) is 23.7 Å². The topological polar surface area (TPSA) is 87.7 Å². The Kier molecular flexibility index (Phi) is 5.25. The number of nitrogens with two attached hydrogens (primary N) is 1. The van der Waals surface area contributed by atoms with Crippen molar-refractivity contribution >= 4 is 11.7 Å². The fourth-order valence-corrected chi connectivity index (χ4v) is 2.29. The summed E-state index contributed by atoms with van der Waals surface area (Å²) in [4.78, 5) is 11.8. The quantitative estimate of drug-likeness (QED) is 0.295. The van der Waals surface area contributed by atoms with E-state index in [4.69, 9.17) is 10.9 Å². The van der Waals surface area contributed by atoms with E-state index in [1.807, 2.05) is 0 Å². The van der Waals surface area contributed by atoms with Gasteiger partial charge in [0, 0.05) is 18.4 Å². The van der Waals surface area contributed by atoms with Crippen molar-refractivity contribution < 1.29 is 10.0 Å². The zero-order valence-electron chi connectivity index (χ0n) is 10.6. The maximum atomic E-state index is 11.8. The zero-order valence-corrected chi connectivity index (χ0v) is 10.6. The molecular weight excluding hydrogens is 218 g/mol. The minimum atomic E-state index is -0.0131. The first-order chi connectivity index (χ1) is 8.08. The number of hydrogen-bond donors (Lipinski definition) is 3. The van der Waals surface area contributed by atoms with Gasteiger partial charge in [0.15, 0.2) is 0 Å². The lowest BCUT2D eigenvalue weighted by Gasteiger charge is -2.20. The molecule has 0 saturated heterocycles. The van der Waals surface area contributed by atoms with Crippen LogP contribution in [0.4, 0.5) is 0 Å². The van der Waals surface area contributed by atoms with E-state index in [1.165, 1.54) is 0 Å². The molecule has 5 heteroatoms. The van der Waals surface area contributed by atoms with Crippen LogP contribution in [-0.2, 0) is 4.79 Å². The summed E-state index contributed by atoms with van der Waals surface area (Å²) in [5.41, 5.74) is 5.62. The van der Waals surface area contributed by atoms with Gasteiger partial charge in [-0.3, -0.25) is 4.79 Å². The maximum Gasteiger partial charge on any atom is 0.220 e. The number of amides is 1. The van der Waals surface area contributed by atoms with Gasteiger partial charge < -0.3 is 16.3 Å². The monoisotopic (exact) mass is 241 g/mol. The zero-order chi connectivity index (χ0) is 12.8. The largest absolute Gasteiger partial charge is 0.409 e. The van der Waals surface area contributed by atoms with Gasteiger partial charge in [0.2, 0.25) is 5.91 Å². The van der Waals surface area contributed by atoms with Gasteiger partial charge in [-0.2, -0.15) is 0 Å². The van der Waals surface area contributed by atoms with E-state index in [2.05, 4.69) is 24.3 Å². The molecule has 0 radical (unpaired) electrons. The highest BCUT2D eigenvalue weighted by Crippen LogP contribution is 2.26. The van der Waals surface area contributed by atoms with Crippen LogP contribution in [0.2, 0.25) is 0 Å². The fourth-order valence-electron chi connectivity index (χ4n) is 2.29. The summed E-state index contributed by atoms with van der Waals surface area (Å²) in [7, 11) is 0. The van der Waals surface area contributed by atoms with Gasteiger partial charge in [-0.25, -0.2) is 0 Å². The fraction of sp³-hybridized carbons (Fsp3) is 0.833. The minimum absolute atomic E-state index is 0.0131. The van der Waals surface area contributed by atoms with Crippen molar-refractivity contribution in [3.05, 3.63) is 0 Å². The molecule has 0 bridgehead atoms. The highest BCUT2D eigenvalue weighted by Gasteiger charge is 2.31. The van der Waals surface area contributed by atoms with Gasteiger partial charge in [0.1, 0.15) is 5.84 Å². The Morgan fingerprint density at radius 1 is 1.59 bits per heavy atom. The number of hydrogen-bond acceptors (Lipinski definition) is 3. The number of amidine groups is 1. The molecule has 0 aliphatic heterocycles. The van der Waals surface area contributed by atoms with Crippen molar-refractivity contribution in [3.63, 3.8) is 0 Å². The summed E-state index contributed by atoms with van der Waals surface area (Å²) in [6.07, 6.45) is 4.35. The Hall–Kier alpha value is -1.26. The van der Waals surface area contributed by atoms with Crippen LogP contribution in [0.25, 0.3) is 0 Å².